The Balaban J connectivity index is 2.34. The summed E-state index contributed by atoms with van der Waals surface area (Å²) in [5, 5.41) is 10.5. The van der Waals surface area contributed by atoms with Gasteiger partial charge in [-0.05, 0) is 33.6 Å². The first kappa shape index (κ1) is 19.7. The van der Waals surface area contributed by atoms with Crippen molar-refractivity contribution in [2.75, 3.05) is 47.6 Å². The largest absolute Gasteiger partial charge is 0.493 e. The third kappa shape index (κ3) is 3.99. The van der Waals surface area contributed by atoms with Crippen molar-refractivity contribution in [3.05, 3.63) is 17.7 Å². The molecule has 1 amide bonds. The van der Waals surface area contributed by atoms with Crippen molar-refractivity contribution in [3.8, 4) is 17.2 Å². The van der Waals surface area contributed by atoms with Gasteiger partial charge in [-0.3, -0.25) is 4.79 Å². The molecule has 140 valence electrons. The van der Waals surface area contributed by atoms with Crippen LogP contribution in [0.2, 0.25) is 0 Å². The minimum Gasteiger partial charge on any atom is -0.493 e. The molecule has 1 heterocycles. The van der Waals surface area contributed by atoms with E-state index in [0.29, 0.717) is 19.0 Å². The Morgan fingerprint density at radius 1 is 1.24 bits per heavy atom. The number of hydrogen-bond donors (Lipinski definition) is 1. The number of benzene rings is 1. The number of halogens is 2. The van der Waals surface area contributed by atoms with Crippen LogP contribution >= 0.6 is 15.9 Å². The van der Waals surface area contributed by atoms with Gasteiger partial charge in [-0.25, -0.2) is 4.39 Å². The van der Waals surface area contributed by atoms with Crippen molar-refractivity contribution in [2.45, 2.75) is 10.7 Å². The van der Waals surface area contributed by atoms with E-state index in [0.717, 1.165) is 0 Å². The fourth-order valence-electron chi connectivity index (χ4n) is 2.56. The number of rotatable bonds is 6. The zero-order chi connectivity index (χ0) is 18.6. The number of alkyl halides is 2. The summed E-state index contributed by atoms with van der Waals surface area (Å²) in [5.41, 5.74) is 0.107. The molecule has 2 rings (SSSR count). The zero-order valence-corrected chi connectivity index (χ0v) is 15.8. The third-order valence-corrected chi connectivity index (χ3v) is 4.70. The van der Waals surface area contributed by atoms with Gasteiger partial charge in [0.2, 0.25) is 5.75 Å². The highest BCUT2D eigenvalue weighted by atomic mass is 79.9. The predicted octanol–water partition coefficient (Wildman–Crippen LogP) is 1.67. The van der Waals surface area contributed by atoms with E-state index in [9.17, 15) is 9.90 Å². The molecule has 0 saturated carbocycles. The standard InChI is InChI=1S/C16H21BrFNO6/c1-22-11-8-10(9-12(23-2)13(11)24-3)14(20)16(17,18)15(21)19-4-6-25-7-5-19/h8-9,14,20H,4-7H2,1-3H3. The molecule has 0 aromatic heterocycles. The number of amides is 1. The van der Waals surface area contributed by atoms with Gasteiger partial charge in [0.1, 0.15) is 6.10 Å². The van der Waals surface area contributed by atoms with Crippen molar-refractivity contribution in [2.24, 2.45) is 0 Å². The lowest BCUT2D eigenvalue weighted by Gasteiger charge is -2.33. The summed E-state index contributed by atoms with van der Waals surface area (Å²) >= 11 is 2.75. The molecule has 1 saturated heterocycles. The lowest BCUT2D eigenvalue weighted by molar-refractivity contribution is -0.147. The van der Waals surface area contributed by atoms with E-state index in [4.69, 9.17) is 18.9 Å². The van der Waals surface area contributed by atoms with E-state index in [1.54, 1.807) is 0 Å². The lowest BCUT2D eigenvalue weighted by atomic mass is 10.0. The van der Waals surface area contributed by atoms with Crippen LogP contribution in [0.25, 0.3) is 0 Å². The van der Waals surface area contributed by atoms with Gasteiger partial charge >= 0.3 is 0 Å². The zero-order valence-electron chi connectivity index (χ0n) is 14.3. The number of hydrogen-bond acceptors (Lipinski definition) is 6. The highest BCUT2D eigenvalue weighted by molar-refractivity contribution is 9.10. The number of ether oxygens (including phenoxy) is 4. The van der Waals surface area contributed by atoms with Crippen molar-refractivity contribution < 1.29 is 33.2 Å². The van der Waals surface area contributed by atoms with Gasteiger partial charge in [-0.1, -0.05) is 0 Å². The average Bonchev–Trinajstić information content (AvgIpc) is 2.65. The predicted molar refractivity (Wildman–Crippen MR) is 91.2 cm³/mol. The number of nitrogens with zero attached hydrogens (tertiary/aromatic N) is 1. The summed E-state index contributed by atoms with van der Waals surface area (Å²) in [5.74, 6) is -0.0624. The fraction of sp³-hybridized carbons (Fsp3) is 0.562. The van der Waals surface area contributed by atoms with Crippen LogP contribution in [0.15, 0.2) is 12.1 Å². The average molecular weight is 422 g/mol. The summed E-state index contributed by atoms with van der Waals surface area (Å²) in [6.07, 6.45) is -1.78. The van der Waals surface area contributed by atoms with Crippen LogP contribution in [-0.2, 0) is 9.53 Å². The highest BCUT2D eigenvalue weighted by Gasteiger charge is 2.47. The Hall–Kier alpha value is -1.58. The molecule has 0 aliphatic carbocycles. The summed E-state index contributed by atoms with van der Waals surface area (Å²) < 4.78 is 33.2. The Labute approximate surface area is 153 Å². The summed E-state index contributed by atoms with van der Waals surface area (Å²) in [6.45, 7) is 1.18. The Kier molecular flexibility index (Phi) is 6.47. The highest BCUT2D eigenvalue weighted by Crippen LogP contribution is 2.44. The summed E-state index contributed by atoms with van der Waals surface area (Å²) in [4.78, 5) is 13.8. The van der Waals surface area contributed by atoms with Crippen LogP contribution in [0.1, 0.15) is 11.7 Å². The Morgan fingerprint density at radius 3 is 2.20 bits per heavy atom. The second-order valence-corrected chi connectivity index (χ2v) is 6.54. The van der Waals surface area contributed by atoms with Crippen LogP contribution in [0.3, 0.4) is 0 Å². The van der Waals surface area contributed by atoms with Gasteiger partial charge < -0.3 is 29.0 Å². The van der Waals surface area contributed by atoms with Crippen LogP contribution < -0.4 is 14.2 Å². The van der Waals surface area contributed by atoms with Gasteiger partial charge in [-0.2, -0.15) is 0 Å². The minimum atomic E-state index is -2.70. The maximum atomic E-state index is 15.1. The quantitative estimate of drug-likeness (QED) is 0.703. The third-order valence-electron chi connectivity index (χ3n) is 3.93. The first-order valence-electron chi connectivity index (χ1n) is 7.59. The molecular formula is C16H21BrFNO6. The molecule has 1 aromatic carbocycles. The van der Waals surface area contributed by atoms with E-state index in [-0.39, 0.29) is 30.2 Å². The summed E-state index contributed by atoms with van der Waals surface area (Å²) in [7, 11) is 4.24. The molecule has 9 heteroatoms. The van der Waals surface area contributed by atoms with Gasteiger partial charge in [0.25, 0.3) is 10.5 Å². The van der Waals surface area contributed by atoms with Crippen LogP contribution in [0.5, 0.6) is 17.2 Å². The number of aliphatic hydroxyl groups is 1. The molecule has 7 nitrogen and oxygen atoms in total. The normalized spacial score (nSPS) is 18.2. The maximum absolute atomic E-state index is 15.1. The number of carbonyl (C=O) groups is 1. The van der Waals surface area contributed by atoms with E-state index >= 15 is 4.39 Å². The molecule has 0 bridgehead atoms. The minimum absolute atomic E-state index is 0.107. The first-order chi connectivity index (χ1) is 11.9. The molecule has 1 N–H and O–H groups in total. The smallest absolute Gasteiger partial charge is 0.274 e. The van der Waals surface area contributed by atoms with Crippen molar-refractivity contribution >= 4 is 21.8 Å². The molecule has 1 fully saturated rings. The molecule has 2 unspecified atom stereocenters. The van der Waals surface area contributed by atoms with Crippen molar-refractivity contribution in [3.63, 3.8) is 0 Å². The van der Waals surface area contributed by atoms with Crippen LogP contribution in [-0.4, -0.2) is 68.1 Å². The molecule has 1 aliphatic rings. The Morgan fingerprint density at radius 2 is 1.76 bits per heavy atom. The molecular weight excluding hydrogens is 401 g/mol. The van der Waals surface area contributed by atoms with Gasteiger partial charge in [0.05, 0.1) is 34.5 Å². The maximum Gasteiger partial charge on any atom is 0.274 e. The van der Waals surface area contributed by atoms with Gasteiger partial charge in [-0.15, -0.1) is 0 Å². The van der Waals surface area contributed by atoms with Gasteiger partial charge in [0, 0.05) is 13.1 Å². The SMILES string of the molecule is COc1cc(C(O)C(F)(Br)C(=O)N2CCOCC2)cc(OC)c1OC. The molecule has 2 atom stereocenters. The molecule has 25 heavy (non-hydrogen) atoms. The Bertz CT molecular complexity index is 596. The van der Waals surface area contributed by atoms with Gasteiger partial charge in [0.15, 0.2) is 11.5 Å². The molecule has 1 aromatic rings. The van der Waals surface area contributed by atoms with E-state index in [1.807, 2.05) is 0 Å². The monoisotopic (exact) mass is 421 g/mol. The topological polar surface area (TPSA) is 77.5 Å². The summed E-state index contributed by atoms with van der Waals surface area (Å²) in [6, 6.07) is 2.79. The molecule has 1 aliphatic heterocycles. The second kappa shape index (κ2) is 8.20. The molecule has 0 radical (unpaired) electrons. The van der Waals surface area contributed by atoms with Crippen molar-refractivity contribution in [1.82, 2.24) is 4.90 Å². The van der Waals surface area contributed by atoms with E-state index in [1.165, 1.54) is 38.4 Å². The van der Waals surface area contributed by atoms with Crippen LogP contribution in [0.4, 0.5) is 4.39 Å². The van der Waals surface area contributed by atoms with E-state index < -0.39 is 16.6 Å². The van der Waals surface area contributed by atoms with E-state index in [2.05, 4.69) is 15.9 Å². The number of methoxy groups -OCH3 is 3. The second-order valence-electron chi connectivity index (χ2n) is 5.39. The number of aliphatic hydroxyl groups excluding tert-OH is 1. The first-order valence-corrected chi connectivity index (χ1v) is 8.39. The number of morpholine rings is 1. The lowest BCUT2D eigenvalue weighted by Crippen LogP contribution is -2.50. The number of carbonyl (C=O) groups excluding carboxylic acids is 1. The fourth-order valence-corrected chi connectivity index (χ4v) is 3.08. The van der Waals surface area contributed by atoms with Crippen molar-refractivity contribution in [1.29, 1.82) is 0 Å². The van der Waals surface area contributed by atoms with Crippen LogP contribution in [0, 0.1) is 0 Å². The molecule has 0 spiro atoms.